The van der Waals surface area contributed by atoms with Crippen molar-refractivity contribution >= 4 is 35.2 Å². The van der Waals surface area contributed by atoms with Gasteiger partial charge in [0.2, 0.25) is 5.91 Å². The molecular formula is C20H23ClN4O2S. The Morgan fingerprint density at radius 1 is 1.04 bits per heavy atom. The molecule has 0 N–H and O–H groups in total. The third kappa shape index (κ3) is 4.10. The van der Waals surface area contributed by atoms with Crippen molar-refractivity contribution in [1.82, 2.24) is 19.7 Å². The van der Waals surface area contributed by atoms with Crippen LogP contribution in [0.15, 0.2) is 29.4 Å². The van der Waals surface area contributed by atoms with E-state index in [1.54, 1.807) is 24.3 Å². The Hall–Kier alpha value is -1.86. The summed E-state index contributed by atoms with van der Waals surface area (Å²) in [5, 5.41) is 9.73. The Kier molecular flexibility index (Phi) is 6.01. The molecule has 2 aliphatic heterocycles. The van der Waals surface area contributed by atoms with Crippen molar-refractivity contribution in [3.63, 3.8) is 0 Å². The van der Waals surface area contributed by atoms with E-state index in [2.05, 4.69) is 14.8 Å². The second kappa shape index (κ2) is 8.66. The first-order chi connectivity index (χ1) is 13.6. The van der Waals surface area contributed by atoms with Gasteiger partial charge in [0, 0.05) is 30.1 Å². The first-order valence-electron chi connectivity index (χ1n) is 9.83. The molecule has 6 nitrogen and oxygen atoms in total. The average Bonchev–Trinajstić information content (AvgIpc) is 2.86. The molecular weight excluding hydrogens is 396 g/mol. The van der Waals surface area contributed by atoms with Gasteiger partial charge in [-0.2, -0.15) is 0 Å². The molecule has 0 radical (unpaired) electrons. The molecule has 2 amide bonds. The lowest BCUT2D eigenvalue weighted by atomic mass is 10.2. The lowest BCUT2D eigenvalue weighted by Gasteiger charge is -2.22. The Bertz CT molecular complexity index is 868. The summed E-state index contributed by atoms with van der Waals surface area (Å²) in [6.45, 7) is 1.36. The van der Waals surface area contributed by atoms with Gasteiger partial charge < -0.3 is 4.57 Å². The zero-order chi connectivity index (χ0) is 19.5. The zero-order valence-electron chi connectivity index (χ0n) is 15.6. The van der Waals surface area contributed by atoms with Crippen LogP contribution < -0.4 is 0 Å². The number of imide groups is 1. The molecule has 148 valence electrons. The standard InChI is InChI=1S/C20H23ClN4O2S/c21-15-10-8-14(9-11-15)18(26)25-13-5-3-6-16(19(25)27)28-20-23-22-17-7-2-1-4-12-24(17)20/h8-11,16H,1-7,12-13H2/t16-/m1/s1. The van der Waals surface area contributed by atoms with E-state index in [9.17, 15) is 9.59 Å². The smallest absolute Gasteiger partial charge is 0.260 e. The van der Waals surface area contributed by atoms with E-state index in [1.165, 1.54) is 23.1 Å². The highest BCUT2D eigenvalue weighted by Crippen LogP contribution is 2.31. The van der Waals surface area contributed by atoms with Crippen LogP contribution in [0.2, 0.25) is 5.02 Å². The maximum Gasteiger partial charge on any atom is 0.260 e. The Morgan fingerprint density at radius 3 is 2.64 bits per heavy atom. The van der Waals surface area contributed by atoms with Crippen molar-refractivity contribution in [3.8, 4) is 0 Å². The van der Waals surface area contributed by atoms with Gasteiger partial charge in [-0.25, -0.2) is 0 Å². The Morgan fingerprint density at radius 2 is 1.82 bits per heavy atom. The predicted octanol–water partition coefficient (Wildman–Crippen LogP) is 3.97. The Balaban J connectivity index is 1.53. The summed E-state index contributed by atoms with van der Waals surface area (Å²) in [5.41, 5.74) is 0.486. The lowest BCUT2D eigenvalue weighted by Crippen LogP contribution is -2.41. The van der Waals surface area contributed by atoms with Gasteiger partial charge in [0.15, 0.2) is 5.16 Å². The van der Waals surface area contributed by atoms with Crippen LogP contribution in [0, 0.1) is 0 Å². The highest BCUT2D eigenvalue weighted by molar-refractivity contribution is 8.00. The van der Waals surface area contributed by atoms with Gasteiger partial charge in [-0.15, -0.1) is 10.2 Å². The summed E-state index contributed by atoms with van der Waals surface area (Å²) in [6.07, 6.45) is 6.85. The molecule has 2 aliphatic rings. The number of fused-ring (bicyclic) bond motifs is 1. The molecule has 1 fully saturated rings. The molecule has 0 saturated carbocycles. The fourth-order valence-electron chi connectivity index (χ4n) is 3.74. The summed E-state index contributed by atoms with van der Waals surface area (Å²) < 4.78 is 2.15. The number of amides is 2. The highest BCUT2D eigenvalue weighted by atomic mass is 35.5. The zero-order valence-corrected chi connectivity index (χ0v) is 17.2. The van der Waals surface area contributed by atoms with Crippen LogP contribution in [0.4, 0.5) is 0 Å². The van der Waals surface area contributed by atoms with Crippen LogP contribution in [0.25, 0.3) is 0 Å². The van der Waals surface area contributed by atoms with E-state index in [1.807, 2.05) is 0 Å². The van der Waals surface area contributed by atoms with E-state index >= 15 is 0 Å². The number of carbonyl (C=O) groups excluding carboxylic acids is 2. The number of rotatable bonds is 3. The van der Waals surface area contributed by atoms with E-state index in [0.29, 0.717) is 17.1 Å². The summed E-state index contributed by atoms with van der Waals surface area (Å²) >= 11 is 7.38. The Labute approximate surface area is 173 Å². The van der Waals surface area contributed by atoms with Gasteiger partial charge in [0.05, 0.1) is 5.25 Å². The largest absolute Gasteiger partial charge is 0.306 e. The van der Waals surface area contributed by atoms with E-state index < -0.39 is 0 Å². The number of aromatic nitrogens is 3. The number of carbonyl (C=O) groups is 2. The molecule has 1 atom stereocenters. The molecule has 8 heteroatoms. The molecule has 1 aromatic carbocycles. The summed E-state index contributed by atoms with van der Waals surface area (Å²) in [7, 11) is 0. The van der Waals surface area contributed by atoms with Crippen LogP contribution in [0.1, 0.15) is 54.7 Å². The monoisotopic (exact) mass is 418 g/mol. The number of hydrogen-bond acceptors (Lipinski definition) is 5. The van der Waals surface area contributed by atoms with Gasteiger partial charge >= 0.3 is 0 Å². The summed E-state index contributed by atoms with van der Waals surface area (Å²) in [4.78, 5) is 27.5. The third-order valence-electron chi connectivity index (χ3n) is 5.30. The number of nitrogens with zero attached hydrogens (tertiary/aromatic N) is 4. The SMILES string of the molecule is O=C(c1ccc(Cl)cc1)N1CCCC[C@@H](Sc2nnc3n2CCCCC3)C1=O. The van der Waals surface area contributed by atoms with Crippen molar-refractivity contribution in [2.24, 2.45) is 0 Å². The second-order valence-electron chi connectivity index (χ2n) is 7.27. The number of halogens is 1. The van der Waals surface area contributed by atoms with Crippen LogP contribution in [0.5, 0.6) is 0 Å². The van der Waals surface area contributed by atoms with Gasteiger partial charge in [-0.3, -0.25) is 14.5 Å². The molecule has 3 heterocycles. The molecule has 0 spiro atoms. The van der Waals surface area contributed by atoms with Gasteiger partial charge in [0.25, 0.3) is 5.91 Å². The molecule has 4 rings (SSSR count). The molecule has 0 unspecified atom stereocenters. The fraction of sp³-hybridized carbons (Fsp3) is 0.500. The first-order valence-corrected chi connectivity index (χ1v) is 11.1. The third-order valence-corrected chi connectivity index (χ3v) is 6.79. The number of aryl methyl sites for hydroxylation is 1. The summed E-state index contributed by atoms with van der Waals surface area (Å²) in [6, 6.07) is 6.69. The molecule has 1 aromatic heterocycles. The van der Waals surface area contributed by atoms with Crippen molar-refractivity contribution in [2.75, 3.05) is 6.54 Å². The number of hydrogen-bond donors (Lipinski definition) is 0. The van der Waals surface area contributed by atoms with Crippen molar-refractivity contribution in [2.45, 2.75) is 61.9 Å². The number of thioether (sulfide) groups is 1. The minimum absolute atomic E-state index is 0.131. The topological polar surface area (TPSA) is 68.1 Å². The highest BCUT2D eigenvalue weighted by Gasteiger charge is 2.33. The van der Waals surface area contributed by atoms with Crippen LogP contribution in [-0.4, -0.2) is 43.3 Å². The van der Waals surface area contributed by atoms with E-state index in [0.717, 1.165) is 56.1 Å². The minimum Gasteiger partial charge on any atom is -0.306 e. The molecule has 0 aliphatic carbocycles. The normalized spacial score (nSPS) is 20.4. The summed E-state index contributed by atoms with van der Waals surface area (Å²) in [5.74, 6) is 0.623. The fourth-order valence-corrected chi connectivity index (χ4v) is 5.04. The lowest BCUT2D eigenvalue weighted by molar-refractivity contribution is -0.127. The van der Waals surface area contributed by atoms with Crippen LogP contribution in [0.3, 0.4) is 0 Å². The van der Waals surface area contributed by atoms with E-state index in [-0.39, 0.29) is 17.1 Å². The second-order valence-corrected chi connectivity index (χ2v) is 8.87. The maximum atomic E-state index is 13.2. The number of likely N-dealkylation sites (tertiary alicyclic amines) is 1. The van der Waals surface area contributed by atoms with Crippen molar-refractivity contribution in [1.29, 1.82) is 0 Å². The molecule has 2 aromatic rings. The van der Waals surface area contributed by atoms with Gasteiger partial charge in [-0.1, -0.05) is 36.2 Å². The van der Waals surface area contributed by atoms with Crippen molar-refractivity contribution in [3.05, 3.63) is 40.7 Å². The maximum absolute atomic E-state index is 13.2. The van der Waals surface area contributed by atoms with Crippen molar-refractivity contribution < 1.29 is 9.59 Å². The van der Waals surface area contributed by atoms with Crippen LogP contribution in [-0.2, 0) is 17.8 Å². The molecule has 1 saturated heterocycles. The molecule has 28 heavy (non-hydrogen) atoms. The van der Waals surface area contributed by atoms with Gasteiger partial charge in [0.1, 0.15) is 5.82 Å². The minimum atomic E-state index is -0.310. The predicted molar refractivity (Wildman–Crippen MR) is 109 cm³/mol. The van der Waals surface area contributed by atoms with E-state index in [4.69, 9.17) is 11.6 Å². The van der Waals surface area contributed by atoms with Gasteiger partial charge in [-0.05, 0) is 49.9 Å². The first kappa shape index (κ1) is 19.5. The quantitative estimate of drug-likeness (QED) is 0.705. The average molecular weight is 419 g/mol. The number of benzene rings is 1. The van der Waals surface area contributed by atoms with Crippen LogP contribution >= 0.6 is 23.4 Å². The molecule has 0 bridgehead atoms.